The third-order valence-corrected chi connectivity index (χ3v) is 3.81. The fourth-order valence-corrected chi connectivity index (χ4v) is 2.71. The van der Waals surface area contributed by atoms with Crippen LogP contribution in [0.2, 0.25) is 5.02 Å². The van der Waals surface area contributed by atoms with Crippen molar-refractivity contribution in [3.8, 4) is 10.4 Å². The molecular weight excluding hydrogens is 226 g/mol. The first-order valence-electron chi connectivity index (χ1n) is 4.75. The molecule has 2 aromatic rings. The average Bonchev–Trinajstić information content (AvgIpc) is 2.64. The molecule has 15 heavy (non-hydrogen) atoms. The molecule has 0 unspecified atom stereocenters. The van der Waals surface area contributed by atoms with Crippen LogP contribution < -0.4 is 5.73 Å². The van der Waals surface area contributed by atoms with E-state index in [-0.39, 0.29) is 0 Å². The van der Waals surface area contributed by atoms with Crippen molar-refractivity contribution in [1.82, 2.24) is 0 Å². The van der Waals surface area contributed by atoms with E-state index < -0.39 is 0 Å². The highest BCUT2D eigenvalue weighted by molar-refractivity contribution is 7.13. The Hall–Kier alpha value is -0.830. The second kappa shape index (κ2) is 4.35. The monoisotopic (exact) mass is 237 g/mol. The Kier molecular flexibility index (Phi) is 3.10. The van der Waals surface area contributed by atoms with Gasteiger partial charge in [0.2, 0.25) is 0 Å². The summed E-state index contributed by atoms with van der Waals surface area (Å²) in [6.07, 6.45) is 0. The predicted molar refractivity (Wildman–Crippen MR) is 67.4 cm³/mol. The highest BCUT2D eigenvalue weighted by atomic mass is 35.5. The zero-order valence-electron chi connectivity index (χ0n) is 8.46. The number of benzene rings is 1. The third kappa shape index (κ3) is 2.07. The van der Waals surface area contributed by atoms with Gasteiger partial charge in [-0.3, -0.25) is 0 Å². The van der Waals surface area contributed by atoms with Crippen molar-refractivity contribution >= 4 is 22.9 Å². The Balaban J connectivity index is 2.47. The van der Waals surface area contributed by atoms with E-state index in [2.05, 4.69) is 24.4 Å². The largest absolute Gasteiger partial charge is 0.326 e. The lowest BCUT2D eigenvalue weighted by molar-refractivity contribution is 1.07. The van der Waals surface area contributed by atoms with Crippen LogP contribution in [0.4, 0.5) is 0 Å². The van der Waals surface area contributed by atoms with Gasteiger partial charge in [-0.25, -0.2) is 0 Å². The van der Waals surface area contributed by atoms with Gasteiger partial charge < -0.3 is 5.73 Å². The van der Waals surface area contributed by atoms with Crippen molar-refractivity contribution in [2.45, 2.75) is 13.5 Å². The summed E-state index contributed by atoms with van der Waals surface area (Å²) in [5, 5.41) is 2.85. The highest BCUT2D eigenvalue weighted by Gasteiger charge is 2.05. The minimum atomic E-state index is 0.489. The predicted octanol–water partition coefficient (Wildman–Crippen LogP) is 3.84. The molecule has 0 aliphatic rings. The minimum Gasteiger partial charge on any atom is -0.326 e. The molecule has 3 heteroatoms. The Morgan fingerprint density at radius 3 is 2.67 bits per heavy atom. The van der Waals surface area contributed by atoms with E-state index in [1.807, 2.05) is 12.1 Å². The minimum absolute atomic E-state index is 0.489. The standard InChI is InChI=1S/C12H12ClNS/c1-8-4-5-15-12(8)9-2-3-10(7-14)11(13)6-9/h2-6H,7,14H2,1H3. The van der Waals surface area contributed by atoms with Gasteiger partial charge in [-0.15, -0.1) is 11.3 Å². The average molecular weight is 238 g/mol. The lowest BCUT2D eigenvalue weighted by atomic mass is 10.1. The molecule has 0 aliphatic carbocycles. The van der Waals surface area contributed by atoms with Crippen LogP contribution in [0.25, 0.3) is 10.4 Å². The zero-order valence-corrected chi connectivity index (χ0v) is 10.0. The molecule has 0 spiro atoms. The summed E-state index contributed by atoms with van der Waals surface area (Å²) in [7, 11) is 0. The van der Waals surface area contributed by atoms with Gasteiger partial charge in [0.25, 0.3) is 0 Å². The van der Waals surface area contributed by atoms with Crippen LogP contribution >= 0.6 is 22.9 Å². The second-order valence-electron chi connectivity index (χ2n) is 3.44. The summed E-state index contributed by atoms with van der Waals surface area (Å²) >= 11 is 7.86. The van der Waals surface area contributed by atoms with Gasteiger partial charge in [0.15, 0.2) is 0 Å². The van der Waals surface area contributed by atoms with Crippen LogP contribution in [0.5, 0.6) is 0 Å². The first-order valence-corrected chi connectivity index (χ1v) is 6.01. The Bertz CT molecular complexity index is 476. The van der Waals surface area contributed by atoms with Crippen LogP contribution in [0.3, 0.4) is 0 Å². The van der Waals surface area contributed by atoms with Gasteiger partial charge in [0.05, 0.1) is 0 Å². The molecule has 0 amide bonds. The summed E-state index contributed by atoms with van der Waals surface area (Å²) in [4.78, 5) is 1.28. The molecule has 0 saturated carbocycles. The summed E-state index contributed by atoms with van der Waals surface area (Å²) in [6, 6.07) is 8.18. The molecule has 0 saturated heterocycles. The number of hydrogen-bond acceptors (Lipinski definition) is 2. The van der Waals surface area contributed by atoms with E-state index in [4.69, 9.17) is 17.3 Å². The van der Waals surface area contributed by atoms with Gasteiger partial charge in [0, 0.05) is 16.4 Å². The van der Waals surface area contributed by atoms with Crippen LogP contribution in [0, 0.1) is 6.92 Å². The maximum atomic E-state index is 6.12. The number of nitrogens with two attached hydrogens (primary N) is 1. The number of aryl methyl sites for hydroxylation is 1. The topological polar surface area (TPSA) is 26.0 Å². The first-order chi connectivity index (χ1) is 7.22. The van der Waals surface area contributed by atoms with E-state index in [0.717, 1.165) is 10.6 Å². The summed E-state index contributed by atoms with van der Waals surface area (Å²) in [6.45, 7) is 2.60. The van der Waals surface area contributed by atoms with Crippen molar-refractivity contribution in [2.75, 3.05) is 0 Å². The lowest BCUT2D eigenvalue weighted by Crippen LogP contribution is -1.96. The maximum absolute atomic E-state index is 6.12. The molecular formula is C12H12ClNS. The van der Waals surface area contributed by atoms with Gasteiger partial charge in [-0.2, -0.15) is 0 Å². The fourth-order valence-electron chi connectivity index (χ4n) is 1.52. The van der Waals surface area contributed by atoms with E-state index in [0.29, 0.717) is 6.54 Å². The Labute approximate surface area is 98.5 Å². The first kappa shape index (κ1) is 10.7. The third-order valence-electron chi connectivity index (χ3n) is 2.40. The molecule has 2 rings (SSSR count). The molecule has 0 aliphatic heterocycles. The lowest BCUT2D eigenvalue weighted by Gasteiger charge is -2.04. The van der Waals surface area contributed by atoms with Crippen molar-refractivity contribution in [1.29, 1.82) is 0 Å². The number of thiophene rings is 1. The quantitative estimate of drug-likeness (QED) is 0.844. The highest BCUT2D eigenvalue weighted by Crippen LogP contribution is 2.31. The van der Waals surface area contributed by atoms with E-state index in [1.165, 1.54) is 16.0 Å². The normalized spacial score (nSPS) is 10.6. The molecule has 78 valence electrons. The van der Waals surface area contributed by atoms with Crippen LogP contribution in [0.1, 0.15) is 11.1 Å². The van der Waals surface area contributed by atoms with Crippen molar-refractivity contribution in [3.63, 3.8) is 0 Å². The van der Waals surface area contributed by atoms with Gasteiger partial charge in [0.1, 0.15) is 0 Å². The summed E-state index contributed by atoms with van der Waals surface area (Å²) < 4.78 is 0. The van der Waals surface area contributed by atoms with Crippen molar-refractivity contribution < 1.29 is 0 Å². The van der Waals surface area contributed by atoms with Crippen LogP contribution in [-0.2, 0) is 6.54 Å². The molecule has 1 aromatic heterocycles. The van der Waals surface area contributed by atoms with E-state index >= 15 is 0 Å². The van der Waals surface area contributed by atoms with Gasteiger partial charge in [-0.1, -0.05) is 23.7 Å². The smallest absolute Gasteiger partial charge is 0.0457 e. The number of rotatable bonds is 2. The second-order valence-corrected chi connectivity index (χ2v) is 4.77. The molecule has 0 radical (unpaired) electrons. The maximum Gasteiger partial charge on any atom is 0.0457 e. The van der Waals surface area contributed by atoms with E-state index in [1.54, 1.807) is 11.3 Å². The summed E-state index contributed by atoms with van der Waals surface area (Å²) in [5.74, 6) is 0. The van der Waals surface area contributed by atoms with Gasteiger partial charge in [-0.05, 0) is 41.1 Å². The number of halogens is 1. The van der Waals surface area contributed by atoms with Crippen LogP contribution in [0.15, 0.2) is 29.6 Å². The van der Waals surface area contributed by atoms with Crippen molar-refractivity contribution in [3.05, 3.63) is 45.8 Å². The van der Waals surface area contributed by atoms with E-state index in [9.17, 15) is 0 Å². The molecule has 2 N–H and O–H groups in total. The number of hydrogen-bond donors (Lipinski definition) is 1. The van der Waals surface area contributed by atoms with Gasteiger partial charge >= 0.3 is 0 Å². The molecule has 1 aromatic carbocycles. The SMILES string of the molecule is Cc1ccsc1-c1ccc(CN)c(Cl)c1. The molecule has 0 fully saturated rings. The Morgan fingerprint density at radius 2 is 2.13 bits per heavy atom. The fraction of sp³-hybridized carbons (Fsp3) is 0.167. The van der Waals surface area contributed by atoms with Crippen molar-refractivity contribution in [2.24, 2.45) is 5.73 Å². The molecule has 1 nitrogen and oxygen atoms in total. The molecule has 0 bridgehead atoms. The molecule has 1 heterocycles. The molecule has 0 atom stereocenters. The van der Waals surface area contributed by atoms with Crippen LogP contribution in [-0.4, -0.2) is 0 Å². The summed E-state index contributed by atoms with van der Waals surface area (Å²) in [5.41, 5.74) is 9.02. The Morgan fingerprint density at radius 1 is 1.33 bits per heavy atom. The zero-order chi connectivity index (χ0) is 10.8.